The van der Waals surface area contributed by atoms with Gasteiger partial charge in [-0.15, -0.1) is 13.2 Å². The molecule has 44 heavy (non-hydrogen) atoms. The van der Waals surface area contributed by atoms with Crippen molar-refractivity contribution < 1.29 is 29.0 Å². The lowest BCUT2D eigenvalue weighted by Crippen LogP contribution is -2.59. The number of aliphatic hydroxyl groups is 1. The molecule has 10 heteroatoms. The molecule has 0 aromatic heterocycles. The molecule has 3 heterocycles. The number of alkyl halides is 1. The van der Waals surface area contributed by atoms with E-state index in [9.17, 15) is 19.5 Å². The van der Waals surface area contributed by atoms with Gasteiger partial charge in [-0.1, -0.05) is 55.3 Å². The number of hydrogen-bond acceptors (Lipinski definition) is 6. The van der Waals surface area contributed by atoms with Gasteiger partial charge >= 0.3 is 0 Å². The van der Waals surface area contributed by atoms with Crippen LogP contribution in [0.4, 0.5) is 5.69 Å². The number of amides is 3. The summed E-state index contributed by atoms with van der Waals surface area (Å²) in [5.74, 6) is -1.61. The lowest BCUT2D eigenvalue weighted by atomic mass is 9.70. The van der Waals surface area contributed by atoms with Crippen LogP contribution < -0.4 is 9.64 Å². The van der Waals surface area contributed by atoms with Gasteiger partial charge in [-0.05, 0) is 56.4 Å². The Morgan fingerprint density at radius 3 is 2.43 bits per heavy atom. The molecular weight excluding hydrogens is 626 g/mol. The molecule has 1 aromatic rings. The van der Waals surface area contributed by atoms with Crippen molar-refractivity contribution in [1.29, 1.82) is 0 Å². The molecular formula is C34H48BrN3O6. The molecule has 3 amide bonds. The highest BCUT2D eigenvalue weighted by molar-refractivity contribution is 9.09. The highest BCUT2D eigenvalue weighted by Crippen LogP contribution is 2.61. The number of fused-ring (bicyclic) bond motifs is 1. The van der Waals surface area contributed by atoms with E-state index in [2.05, 4.69) is 36.0 Å². The summed E-state index contributed by atoms with van der Waals surface area (Å²) < 4.78 is 12.3. The first-order valence-corrected chi connectivity index (χ1v) is 16.8. The zero-order valence-corrected chi connectivity index (χ0v) is 28.1. The lowest BCUT2D eigenvalue weighted by Gasteiger charge is -2.40. The fraction of sp³-hybridized carbons (Fsp3) is 0.618. The molecule has 1 spiro atoms. The van der Waals surface area contributed by atoms with E-state index in [1.165, 1.54) is 0 Å². The summed E-state index contributed by atoms with van der Waals surface area (Å²) in [4.78, 5) is 48.4. The van der Waals surface area contributed by atoms with Crippen molar-refractivity contribution >= 4 is 39.3 Å². The molecule has 3 saturated heterocycles. The number of nitrogens with zero attached hydrogens (tertiary/aromatic N) is 3. The molecule has 1 N–H and O–H groups in total. The van der Waals surface area contributed by atoms with Crippen LogP contribution >= 0.6 is 15.9 Å². The quantitative estimate of drug-likeness (QED) is 0.204. The summed E-state index contributed by atoms with van der Waals surface area (Å²) in [5, 5.41) is 10.6. The Morgan fingerprint density at radius 2 is 1.86 bits per heavy atom. The van der Waals surface area contributed by atoms with Crippen molar-refractivity contribution in [3.8, 4) is 5.75 Å². The number of carbonyl (C=O) groups is 3. The summed E-state index contributed by atoms with van der Waals surface area (Å²) in [6, 6.07) is 5.72. The van der Waals surface area contributed by atoms with Gasteiger partial charge in [0.25, 0.3) is 0 Å². The van der Waals surface area contributed by atoms with Crippen LogP contribution in [-0.2, 0) is 19.1 Å². The Kier molecular flexibility index (Phi) is 11.3. The second-order valence-electron chi connectivity index (χ2n) is 12.5. The molecule has 7 atom stereocenters. The van der Waals surface area contributed by atoms with Crippen LogP contribution in [0.3, 0.4) is 0 Å². The highest BCUT2D eigenvalue weighted by Gasteiger charge is 2.77. The average molecular weight is 675 g/mol. The number of anilines is 1. The number of likely N-dealkylation sites (tertiary alicyclic amines) is 1. The van der Waals surface area contributed by atoms with E-state index >= 15 is 0 Å². The number of carbonyl (C=O) groups excluding carboxylic acids is 3. The maximum atomic E-state index is 14.6. The molecule has 0 saturated carbocycles. The first-order chi connectivity index (χ1) is 21.1. The summed E-state index contributed by atoms with van der Waals surface area (Å²) in [5.41, 5.74) is -0.553. The van der Waals surface area contributed by atoms with Crippen LogP contribution in [0.1, 0.15) is 53.4 Å². The Hall–Kier alpha value is -2.69. The van der Waals surface area contributed by atoms with Gasteiger partial charge in [-0.2, -0.15) is 0 Å². The van der Waals surface area contributed by atoms with E-state index in [-0.39, 0.29) is 41.6 Å². The number of benzene rings is 1. The van der Waals surface area contributed by atoms with Crippen molar-refractivity contribution in [1.82, 2.24) is 9.80 Å². The summed E-state index contributed by atoms with van der Waals surface area (Å²) in [7, 11) is 0. The normalized spacial score (nSPS) is 27.8. The van der Waals surface area contributed by atoms with Crippen molar-refractivity contribution in [3.05, 3.63) is 49.6 Å². The highest BCUT2D eigenvalue weighted by atomic mass is 79.9. The zero-order valence-electron chi connectivity index (χ0n) is 26.5. The zero-order chi connectivity index (χ0) is 32.2. The van der Waals surface area contributed by atoms with Crippen molar-refractivity contribution in [2.45, 2.75) is 82.0 Å². The van der Waals surface area contributed by atoms with Gasteiger partial charge in [-0.25, -0.2) is 0 Å². The van der Waals surface area contributed by atoms with Gasteiger partial charge < -0.3 is 29.3 Å². The standard InChI is InChI=1S/C34H48BrN3O6/c1-7-11-18-36(16-8-2)33(42)30-34-20-26(35)29(44-34)27(28(34)32(41)38(30)24(21-39)19-22(5)6)31(40)37(17-9-3)23-12-14-25(15-13-23)43-10-4/h8-9,12-15,22,24,26-30,39H,2-3,7,10-11,16-21H2,1,4-6H3/t24-,26?,27-,28+,29-,30?,34?/m1/s1. The number of ether oxygens (including phenoxy) is 2. The van der Waals surface area contributed by atoms with Gasteiger partial charge in [0, 0.05) is 30.1 Å². The molecule has 1 aromatic carbocycles. The third kappa shape index (κ3) is 6.22. The summed E-state index contributed by atoms with van der Waals surface area (Å²) in [6.07, 6.45) is 5.38. The van der Waals surface area contributed by atoms with Crippen LogP contribution in [0.25, 0.3) is 0 Å². The van der Waals surface area contributed by atoms with Crippen molar-refractivity contribution in [3.63, 3.8) is 0 Å². The molecule has 3 unspecified atom stereocenters. The molecule has 0 aliphatic carbocycles. The van der Waals surface area contributed by atoms with Crippen molar-refractivity contribution in [2.75, 3.05) is 37.7 Å². The third-order valence-corrected chi connectivity index (χ3v) is 9.92. The first-order valence-electron chi connectivity index (χ1n) is 15.9. The topological polar surface area (TPSA) is 99.6 Å². The minimum absolute atomic E-state index is 0.166. The number of unbranched alkanes of at least 4 members (excludes halogenated alkanes) is 1. The van der Waals surface area contributed by atoms with Crippen LogP contribution in [-0.4, -0.2) is 94.1 Å². The minimum atomic E-state index is -1.21. The maximum Gasteiger partial charge on any atom is 0.248 e. The molecule has 3 aliphatic heterocycles. The van der Waals surface area contributed by atoms with E-state index in [4.69, 9.17) is 9.47 Å². The van der Waals surface area contributed by atoms with E-state index in [1.54, 1.807) is 26.9 Å². The van der Waals surface area contributed by atoms with Gasteiger partial charge in [-0.3, -0.25) is 14.4 Å². The van der Waals surface area contributed by atoms with Gasteiger partial charge in [0.2, 0.25) is 17.7 Å². The summed E-state index contributed by atoms with van der Waals surface area (Å²) >= 11 is 3.77. The van der Waals surface area contributed by atoms with Crippen molar-refractivity contribution in [2.24, 2.45) is 17.8 Å². The molecule has 3 aliphatic rings. The third-order valence-electron chi connectivity index (χ3n) is 9.07. The number of hydrogen-bond donors (Lipinski definition) is 1. The Balaban J connectivity index is 1.80. The second-order valence-corrected chi connectivity index (χ2v) is 13.6. The van der Waals surface area contributed by atoms with Crippen LogP contribution in [0, 0.1) is 17.8 Å². The second kappa shape index (κ2) is 14.6. The lowest BCUT2D eigenvalue weighted by molar-refractivity contribution is -0.151. The predicted molar refractivity (Wildman–Crippen MR) is 175 cm³/mol. The van der Waals surface area contributed by atoms with E-state index in [0.29, 0.717) is 44.0 Å². The Labute approximate surface area is 270 Å². The Morgan fingerprint density at radius 1 is 1.18 bits per heavy atom. The predicted octanol–water partition coefficient (Wildman–Crippen LogP) is 4.57. The average Bonchev–Trinajstić information content (AvgIpc) is 3.60. The molecule has 9 nitrogen and oxygen atoms in total. The first kappa shape index (κ1) is 34.2. The van der Waals surface area contributed by atoms with Gasteiger partial charge in [0.05, 0.1) is 37.2 Å². The molecule has 0 radical (unpaired) electrons. The fourth-order valence-corrected chi connectivity index (χ4v) is 8.28. The van der Waals surface area contributed by atoms with Crippen LogP contribution in [0.15, 0.2) is 49.6 Å². The Bertz CT molecular complexity index is 1210. The largest absolute Gasteiger partial charge is 0.494 e. The molecule has 4 rings (SSSR count). The SMILES string of the molecule is C=CCN(CCCC)C(=O)C1N([C@@H](CO)CC(C)C)C(=O)[C@@H]2[C@@H](C(=O)N(CC=C)c3ccc(OCC)cc3)[C@@H]3OC12CC3Br. The number of aliphatic hydroxyl groups excluding tert-OH is 1. The molecule has 3 fully saturated rings. The fourth-order valence-electron chi connectivity index (χ4n) is 7.33. The maximum absolute atomic E-state index is 14.6. The van der Waals surface area contributed by atoms with E-state index in [1.807, 2.05) is 45.0 Å². The van der Waals surface area contributed by atoms with Gasteiger partial charge in [0.1, 0.15) is 17.4 Å². The summed E-state index contributed by atoms with van der Waals surface area (Å²) in [6.45, 7) is 17.1. The van der Waals surface area contributed by atoms with Crippen LogP contribution in [0.2, 0.25) is 0 Å². The molecule has 242 valence electrons. The monoisotopic (exact) mass is 673 g/mol. The number of halogens is 1. The van der Waals surface area contributed by atoms with Gasteiger partial charge in [0.15, 0.2) is 0 Å². The minimum Gasteiger partial charge on any atom is -0.494 e. The van der Waals surface area contributed by atoms with E-state index < -0.39 is 35.6 Å². The van der Waals surface area contributed by atoms with E-state index in [0.717, 1.165) is 12.8 Å². The molecule has 2 bridgehead atoms. The smallest absolute Gasteiger partial charge is 0.248 e. The van der Waals surface area contributed by atoms with Crippen LogP contribution in [0.5, 0.6) is 5.75 Å². The number of rotatable bonds is 16.